The standard InChI is InChI=1S/C17H19ClN2O3S/c1-17(2,3)15(22)20-16(24)19-10-4-6-13(18)12(8-10)14-7-5-11(9-21)23-14/h4-8,21H,9H2,1-3H3,(H2,19,20,22,24). The number of benzene rings is 1. The van der Waals surface area contributed by atoms with Crippen LogP contribution in [0.2, 0.25) is 5.02 Å². The highest BCUT2D eigenvalue weighted by atomic mass is 35.5. The molecule has 128 valence electrons. The number of aliphatic hydroxyl groups excluding tert-OH is 1. The summed E-state index contributed by atoms with van der Waals surface area (Å²) in [5.41, 5.74) is 0.785. The van der Waals surface area contributed by atoms with E-state index in [1.165, 1.54) is 0 Å². The fraction of sp³-hybridized carbons (Fsp3) is 0.294. The van der Waals surface area contributed by atoms with Crippen molar-refractivity contribution in [2.75, 3.05) is 5.32 Å². The van der Waals surface area contributed by atoms with Gasteiger partial charge in [0.15, 0.2) is 5.11 Å². The summed E-state index contributed by atoms with van der Waals surface area (Å²) in [4.78, 5) is 11.9. The van der Waals surface area contributed by atoms with Crippen LogP contribution in [0, 0.1) is 5.41 Å². The SMILES string of the molecule is CC(C)(C)C(=O)NC(=S)Nc1ccc(Cl)c(-c2ccc(CO)o2)c1. The Morgan fingerprint density at radius 2 is 2.00 bits per heavy atom. The third-order valence-corrected chi connectivity index (χ3v) is 3.75. The zero-order valence-electron chi connectivity index (χ0n) is 13.6. The number of rotatable bonds is 3. The van der Waals surface area contributed by atoms with Crippen molar-refractivity contribution in [2.45, 2.75) is 27.4 Å². The lowest BCUT2D eigenvalue weighted by Gasteiger charge is -2.18. The number of carbonyl (C=O) groups is 1. The van der Waals surface area contributed by atoms with Crippen molar-refractivity contribution in [2.24, 2.45) is 5.41 Å². The fourth-order valence-corrected chi connectivity index (χ4v) is 2.27. The van der Waals surface area contributed by atoms with Crippen molar-refractivity contribution in [3.8, 4) is 11.3 Å². The lowest BCUT2D eigenvalue weighted by atomic mass is 9.96. The van der Waals surface area contributed by atoms with E-state index in [0.717, 1.165) is 0 Å². The second-order valence-electron chi connectivity index (χ2n) is 6.28. The quantitative estimate of drug-likeness (QED) is 0.717. The van der Waals surface area contributed by atoms with Gasteiger partial charge in [-0.3, -0.25) is 4.79 Å². The maximum absolute atomic E-state index is 11.9. The first kappa shape index (κ1) is 18.4. The molecule has 0 saturated carbocycles. The van der Waals surface area contributed by atoms with Crippen molar-refractivity contribution in [1.29, 1.82) is 0 Å². The van der Waals surface area contributed by atoms with E-state index >= 15 is 0 Å². The molecule has 0 atom stereocenters. The molecule has 0 fully saturated rings. The zero-order valence-corrected chi connectivity index (χ0v) is 15.2. The number of furan rings is 1. The number of halogens is 1. The second kappa shape index (κ2) is 7.34. The Balaban J connectivity index is 2.16. The zero-order chi connectivity index (χ0) is 17.9. The van der Waals surface area contributed by atoms with E-state index in [9.17, 15) is 4.79 Å². The van der Waals surface area contributed by atoms with Gasteiger partial charge in [-0.25, -0.2) is 0 Å². The molecule has 24 heavy (non-hydrogen) atoms. The topological polar surface area (TPSA) is 74.5 Å². The molecule has 1 amide bonds. The van der Waals surface area contributed by atoms with Crippen molar-refractivity contribution >= 4 is 40.5 Å². The Labute approximate surface area is 151 Å². The van der Waals surface area contributed by atoms with Crippen LogP contribution >= 0.6 is 23.8 Å². The van der Waals surface area contributed by atoms with E-state index in [1.807, 2.05) is 0 Å². The van der Waals surface area contributed by atoms with Gasteiger partial charge in [0.1, 0.15) is 18.1 Å². The Bertz CT molecular complexity index is 765. The summed E-state index contributed by atoms with van der Waals surface area (Å²) >= 11 is 11.4. The van der Waals surface area contributed by atoms with Gasteiger partial charge >= 0.3 is 0 Å². The van der Waals surface area contributed by atoms with Gasteiger partial charge in [-0.2, -0.15) is 0 Å². The van der Waals surface area contributed by atoms with Gasteiger partial charge in [-0.15, -0.1) is 0 Å². The van der Waals surface area contributed by atoms with Crippen molar-refractivity contribution in [3.63, 3.8) is 0 Å². The minimum absolute atomic E-state index is 0.173. The Hall–Kier alpha value is -1.89. The van der Waals surface area contributed by atoms with E-state index in [-0.39, 0.29) is 17.6 Å². The van der Waals surface area contributed by atoms with Crippen LogP contribution in [0.4, 0.5) is 5.69 Å². The summed E-state index contributed by atoms with van der Waals surface area (Å²) in [5.74, 6) is 0.817. The smallest absolute Gasteiger partial charge is 0.231 e. The van der Waals surface area contributed by atoms with Gasteiger partial charge in [0, 0.05) is 16.7 Å². The Kier molecular flexibility index (Phi) is 5.64. The molecule has 1 aromatic heterocycles. The van der Waals surface area contributed by atoms with Crippen LogP contribution in [0.5, 0.6) is 0 Å². The molecular weight excluding hydrogens is 348 g/mol. The first-order valence-electron chi connectivity index (χ1n) is 7.32. The average Bonchev–Trinajstić information content (AvgIpc) is 2.97. The van der Waals surface area contributed by atoms with Gasteiger partial charge in [0.05, 0.1) is 5.02 Å². The highest BCUT2D eigenvalue weighted by Gasteiger charge is 2.22. The molecule has 0 aliphatic rings. The fourth-order valence-electron chi connectivity index (χ4n) is 1.85. The molecule has 1 aromatic carbocycles. The summed E-state index contributed by atoms with van der Waals surface area (Å²) in [5, 5.41) is 15.4. The van der Waals surface area contributed by atoms with E-state index in [4.69, 9.17) is 33.3 Å². The predicted molar refractivity (Wildman–Crippen MR) is 98.9 cm³/mol. The first-order chi connectivity index (χ1) is 11.2. The van der Waals surface area contributed by atoms with Gasteiger partial charge in [-0.05, 0) is 42.5 Å². The van der Waals surface area contributed by atoms with Crippen LogP contribution in [0.1, 0.15) is 26.5 Å². The normalized spacial score (nSPS) is 11.2. The number of nitrogens with one attached hydrogen (secondary N) is 2. The van der Waals surface area contributed by atoms with Gasteiger partial charge in [-0.1, -0.05) is 32.4 Å². The number of carbonyl (C=O) groups excluding carboxylic acids is 1. The van der Waals surface area contributed by atoms with Crippen molar-refractivity contribution in [1.82, 2.24) is 5.32 Å². The summed E-state index contributed by atoms with van der Waals surface area (Å²) in [7, 11) is 0. The minimum Gasteiger partial charge on any atom is -0.459 e. The minimum atomic E-state index is -0.536. The van der Waals surface area contributed by atoms with Gasteiger partial charge < -0.3 is 20.2 Å². The molecule has 0 radical (unpaired) electrons. The first-order valence-corrected chi connectivity index (χ1v) is 8.11. The molecule has 0 bridgehead atoms. The number of hydrogen-bond acceptors (Lipinski definition) is 4. The highest BCUT2D eigenvalue weighted by Crippen LogP contribution is 2.32. The number of anilines is 1. The van der Waals surface area contributed by atoms with E-state index in [1.54, 1.807) is 51.1 Å². The molecule has 0 aliphatic carbocycles. The maximum atomic E-state index is 11.9. The second-order valence-corrected chi connectivity index (χ2v) is 7.09. The number of hydrogen-bond donors (Lipinski definition) is 3. The molecule has 0 saturated heterocycles. The van der Waals surface area contributed by atoms with E-state index < -0.39 is 5.41 Å². The van der Waals surface area contributed by atoms with Crippen LogP contribution in [-0.4, -0.2) is 16.1 Å². The van der Waals surface area contributed by atoms with Crippen LogP contribution in [0.3, 0.4) is 0 Å². The number of aliphatic hydroxyl groups is 1. The van der Waals surface area contributed by atoms with E-state index in [2.05, 4.69) is 10.6 Å². The molecule has 2 rings (SSSR count). The predicted octanol–water partition coefficient (Wildman–Crippen LogP) is 3.95. The van der Waals surface area contributed by atoms with Crippen LogP contribution < -0.4 is 10.6 Å². The largest absolute Gasteiger partial charge is 0.459 e. The maximum Gasteiger partial charge on any atom is 0.231 e. The Morgan fingerprint density at radius 1 is 1.29 bits per heavy atom. The molecule has 0 aliphatic heterocycles. The molecule has 3 N–H and O–H groups in total. The van der Waals surface area contributed by atoms with Gasteiger partial charge in [0.2, 0.25) is 5.91 Å². The third-order valence-electron chi connectivity index (χ3n) is 3.22. The van der Waals surface area contributed by atoms with E-state index in [0.29, 0.717) is 27.8 Å². The van der Waals surface area contributed by atoms with Crippen LogP contribution in [0.15, 0.2) is 34.7 Å². The number of thiocarbonyl (C=S) groups is 1. The monoisotopic (exact) mass is 366 g/mol. The summed E-state index contributed by atoms with van der Waals surface area (Å²) in [6.07, 6.45) is 0. The molecule has 2 aromatic rings. The molecule has 1 heterocycles. The molecule has 0 spiro atoms. The highest BCUT2D eigenvalue weighted by molar-refractivity contribution is 7.80. The van der Waals surface area contributed by atoms with Gasteiger partial charge in [0.25, 0.3) is 0 Å². The summed E-state index contributed by atoms with van der Waals surface area (Å²) < 4.78 is 5.50. The lowest BCUT2D eigenvalue weighted by Crippen LogP contribution is -2.41. The molecule has 0 unspecified atom stereocenters. The molecule has 7 heteroatoms. The number of amides is 1. The van der Waals surface area contributed by atoms with Crippen molar-refractivity contribution < 1.29 is 14.3 Å². The van der Waals surface area contributed by atoms with Crippen LogP contribution in [-0.2, 0) is 11.4 Å². The molecular formula is C17H19ClN2O3S. The summed E-state index contributed by atoms with van der Waals surface area (Å²) in [6, 6.07) is 8.62. The lowest BCUT2D eigenvalue weighted by molar-refractivity contribution is -0.126. The van der Waals surface area contributed by atoms with Crippen LogP contribution in [0.25, 0.3) is 11.3 Å². The average molecular weight is 367 g/mol. The molecule has 5 nitrogen and oxygen atoms in total. The summed E-state index contributed by atoms with van der Waals surface area (Å²) in [6.45, 7) is 5.24. The third kappa shape index (κ3) is 4.56. The Morgan fingerprint density at radius 3 is 2.58 bits per heavy atom. The van der Waals surface area contributed by atoms with Crippen molar-refractivity contribution in [3.05, 3.63) is 41.1 Å².